The maximum absolute atomic E-state index is 12.1. The van der Waals surface area contributed by atoms with Gasteiger partial charge in [-0.25, -0.2) is 15.0 Å². The van der Waals surface area contributed by atoms with Gasteiger partial charge in [-0.1, -0.05) is 11.6 Å². The average Bonchev–Trinajstić information content (AvgIpc) is 3.18. The van der Waals surface area contributed by atoms with Crippen LogP contribution >= 0.6 is 11.6 Å². The van der Waals surface area contributed by atoms with Crippen LogP contribution in [-0.4, -0.2) is 67.6 Å². The molecule has 12 nitrogen and oxygen atoms in total. The van der Waals surface area contributed by atoms with Crippen molar-refractivity contribution < 1.29 is 9.66 Å². The maximum Gasteiger partial charge on any atom is 0.316 e. The molecule has 13 heteroatoms. The number of nitro groups is 1. The van der Waals surface area contributed by atoms with Crippen LogP contribution in [0.15, 0.2) is 30.7 Å². The number of hydrogen-bond acceptors (Lipinski definition) is 10. The Labute approximate surface area is 225 Å². The zero-order valence-corrected chi connectivity index (χ0v) is 22.9. The Bertz CT molecular complexity index is 1490. The average molecular weight is 540 g/mol. The van der Waals surface area contributed by atoms with Crippen LogP contribution in [0.1, 0.15) is 19.4 Å². The zero-order valence-electron chi connectivity index (χ0n) is 22.1. The Morgan fingerprint density at radius 3 is 2.71 bits per heavy atom. The molecule has 0 fully saturated rings. The van der Waals surface area contributed by atoms with Gasteiger partial charge in [0, 0.05) is 43.5 Å². The summed E-state index contributed by atoms with van der Waals surface area (Å²) < 4.78 is 7.85. The third kappa shape index (κ3) is 5.60. The number of pyridine rings is 2. The smallest absolute Gasteiger partial charge is 0.316 e. The van der Waals surface area contributed by atoms with E-state index in [1.165, 1.54) is 6.20 Å². The van der Waals surface area contributed by atoms with Crippen LogP contribution in [-0.2, 0) is 7.05 Å². The highest BCUT2D eigenvalue weighted by Gasteiger charge is 2.28. The van der Waals surface area contributed by atoms with E-state index in [0.717, 1.165) is 16.6 Å². The summed E-state index contributed by atoms with van der Waals surface area (Å²) in [7, 11) is 5.74. The summed E-state index contributed by atoms with van der Waals surface area (Å²) in [4.78, 5) is 31.5. The Kier molecular flexibility index (Phi) is 7.93. The minimum absolute atomic E-state index is 0.136. The number of nitrogens with one attached hydrogen (secondary N) is 2. The number of halogens is 1. The SMILES string of the molecule is Cc1c(Nc2ncc(Cl)c(-c3cn(C)c4ncccc34)n2)c(OC(C)C)nc(NCCN(C)C)c1[N+](=O)[O-]. The fourth-order valence-corrected chi connectivity index (χ4v) is 4.19. The van der Waals surface area contributed by atoms with Gasteiger partial charge in [0.2, 0.25) is 17.6 Å². The summed E-state index contributed by atoms with van der Waals surface area (Å²) >= 11 is 6.51. The van der Waals surface area contributed by atoms with Gasteiger partial charge in [0.25, 0.3) is 0 Å². The first-order valence-corrected chi connectivity index (χ1v) is 12.4. The Hall–Kier alpha value is -4.03. The summed E-state index contributed by atoms with van der Waals surface area (Å²) in [6.07, 6.45) is 4.87. The first kappa shape index (κ1) is 27.0. The van der Waals surface area contributed by atoms with Crippen molar-refractivity contribution in [3.8, 4) is 17.1 Å². The molecule has 4 rings (SSSR count). The van der Waals surface area contributed by atoms with Gasteiger partial charge >= 0.3 is 5.69 Å². The summed E-state index contributed by atoms with van der Waals surface area (Å²) in [5.74, 6) is 0.521. The molecule has 0 aliphatic heterocycles. The molecule has 0 unspecified atom stereocenters. The van der Waals surface area contributed by atoms with Crippen LogP contribution in [0.25, 0.3) is 22.3 Å². The molecule has 0 bridgehead atoms. The van der Waals surface area contributed by atoms with E-state index in [2.05, 4.69) is 30.6 Å². The number of hydrogen-bond donors (Lipinski definition) is 2. The molecule has 0 aliphatic rings. The van der Waals surface area contributed by atoms with E-state index in [1.807, 2.05) is 62.8 Å². The Morgan fingerprint density at radius 2 is 2.03 bits per heavy atom. The van der Waals surface area contributed by atoms with Crippen LogP contribution in [0, 0.1) is 17.0 Å². The van der Waals surface area contributed by atoms with E-state index in [0.29, 0.717) is 35.1 Å². The lowest BCUT2D eigenvalue weighted by atomic mass is 10.1. The molecule has 0 aromatic carbocycles. The van der Waals surface area contributed by atoms with Crippen molar-refractivity contribution >= 4 is 45.8 Å². The highest BCUT2D eigenvalue weighted by Crippen LogP contribution is 2.40. The fraction of sp³-hybridized carbons (Fsp3) is 0.360. The van der Waals surface area contributed by atoms with E-state index in [4.69, 9.17) is 16.3 Å². The molecule has 4 heterocycles. The molecule has 0 saturated heterocycles. The molecule has 0 saturated carbocycles. The predicted molar refractivity (Wildman–Crippen MR) is 148 cm³/mol. The molecule has 0 aliphatic carbocycles. The van der Waals surface area contributed by atoms with Crippen molar-refractivity contribution in [1.29, 1.82) is 0 Å². The van der Waals surface area contributed by atoms with Crippen LogP contribution in [0.2, 0.25) is 5.02 Å². The van der Waals surface area contributed by atoms with Crippen LogP contribution in [0.4, 0.5) is 23.1 Å². The lowest BCUT2D eigenvalue weighted by Gasteiger charge is -2.19. The number of aromatic nitrogens is 5. The quantitative estimate of drug-likeness (QED) is 0.213. The van der Waals surface area contributed by atoms with Gasteiger partial charge in [-0.3, -0.25) is 10.1 Å². The maximum atomic E-state index is 12.1. The van der Waals surface area contributed by atoms with Gasteiger partial charge in [-0.05, 0) is 47.0 Å². The normalized spacial score (nSPS) is 11.4. The standard InChI is InChI=1S/C25H30ClN9O3/c1-14(2)38-24-19(15(3)21(35(36)37)22(32-24)27-10-11-33(4)5)30-25-29-12-18(26)20(31-25)17-13-34(6)23-16(17)8-7-9-28-23/h7-9,12-14H,10-11H2,1-6H3,(H,27,32)(H,29,30,31). The summed E-state index contributed by atoms with van der Waals surface area (Å²) in [6.45, 7) is 6.49. The largest absolute Gasteiger partial charge is 0.473 e. The lowest BCUT2D eigenvalue weighted by molar-refractivity contribution is -0.384. The molecule has 0 amide bonds. The van der Waals surface area contributed by atoms with Gasteiger partial charge in [-0.15, -0.1) is 0 Å². The molecular formula is C25H30ClN9O3. The second kappa shape index (κ2) is 11.2. The number of likely N-dealkylation sites (N-methyl/N-ethyl adjacent to an activating group) is 1. The number of anilines is 3. The van der Waals surface area contributed by atoms with E-state index < -0.39 is 4.92 Å². The lowest BCUT2D eigenvalue weighted by Crippen LogP contribution is -2.22. The van der Waals surface area contributed by atoms with Crippen molar-refractivity contribution in [2.24, 2.45) is 7.05 Å². The van der Waals surface area contributed by atoms with E-state index >= 15 is 0 Å². The summed E-state index contributed by atoms with van der Waals surface area (Å²) in [5, 5.41) is 19.5. The third-order valence-electron chi connectivity index (χ3n) is 5.73. The van der Waals surface area contributed by atoms with Crippen molar-refractivity contribution in [2.75, 3.05) is 37.8 Å². The molecule has 4 aromatic rings. The highest BCUT2D eigenvalue weighted by molar-refractivity contribution is 6.33. The predicted octanol–water partition coefficient (Wildman–Crippen LogP) is 4.80. The zero-order chi connectivity index (χ0) is 27.6. The van der Waals surface area contributed by atoms with Crippen LogP contribution in [0.3, 0.4) is 0 Å². The van der Waals surface area contributed by atoms with Crippen molar-refractivity contribution in [3.05, 3.63) is 51.4 Å². The Morgan fingerprint density at radius 1 is 1.26 bits per heavy atom. The van der Waals surface area contributed by atoms with Crippen molar-refractivity contribution in [2.45, 2.75) is 26.9 Å². The number of aryl methyl sites for hydroxylation is 1. The van der Waals surface area contributed by atoms with E-state index in [1.54, 1.807) is 13.1 Å². The van der Waals surface area contributed by atoms with Gasteiger partial charge in [0.15, 0.2) is 0 Å². The van der Waals surface area contributed by atoms with Crippen molar-refractivity contribution in [3.63, 3.8) is 0 Å². The molecule has 38 heavy (non-hydrogen) atoms. The number of ether oxygens (including phenoxy) is 1. The first-order valence-electron chi connectivity index (χ1n) is 12.0. The van der Waals surface area contributed by atoms with E-state index in [-0.39, 0.29) is 29.4 Å². The topological polar surface area (TPSA) is 136 Å². The number of nitrogens with zero attached hydrogens (tertiary/aromatic N) is 7. The van der Waals surface area contributed by atoms with Crippen molar-refractivity contribution in [1.82, 2.24) is 29.4 Å². The first-order chi connectivity index (χ1) is 18.1. The van der Waals surface area contributed by atoms with Crippen LogP contribution < -0.4 is 15.4 Å². The molecule has 0 radical (unpaired) electrons. The fourth-order valence-electron chi connectivity index (χ4n) is 4.00. The molecule has 200 valence electrons. The molecule has 2 N–H and O–H groups in total. The highest BCUT2D eigenvalue weighted by atomic mass is 35.5. The van der Waals surface area contributed by atoms with Crippen LogP contribution in [0.5, 0.6) is 5.88 Å². The van der Waals surface area contributed by atoms with Gasteiger partial charge in [0.05, 0.1) is 33.5 Å². The Balaban J connectivity index is 1.79. The minimum Gasteiger partial charge on any atom is -0.473 e. The molecular weight excluding hydrogens is 510 g/mol. The molecule has 0 spiro atoms. The summed E-state index contributed by atoms with van der Waals surface area (Å²) in [6, 6.07) is 3.79. The molecule has 0 atom stereocenters. The van der Waals surface area contributed by atoms with Gasteiger partial charge in [-0.2, -0.15) is 4.98 Å². The van der Waals surface area contributed by atoms with E-state index in [9.17, 15) is 10.1 Å². The number of rotatable bonds is 10. The summed E-state index contributed by atoms with van der Waals surface area (Å²) in [5.41, 5.74) is 2.55. The minimum atomic E-state index is -0.456. The van der Waals surface area contributed by atoms with Gasteiger partial charge < -0.3 is 24.8 Å². The second-order valence-corrected chi connectivity index (χ2v) is 9.72. The second-order valence-electron chi connectivity index (χ2n) is 9.31. The van der Waals surface area contributed by atoms with Gasteiger partial charge in [0.1, 0.15) is 11.3 Å². The molecule has 4 aromatic heterocycles. The number of fused-ring (bicyclic) bond motifs is 1. The third-order valence-corrected chi connectivity index (χ3v) is 6.01. The monoisotopic (exact) mass is 539 g/mol.